The average molecular weight is 355 g/mol. The monoisotopic (exact) mass is 355 g/mol. The van der Waals surface area contributed by atoms with E-state index in [1.54, 1.807) is 11.3 Å². The Morgan fingerprint density at radius 3 is 2.75 bits per heavy atom. The Morgan fingerprint density at radius 2 is 2.00 bits per heavy atom. The Balaban J connectivity index is 1.54. The molecule has 4 rings (SSSR count). The third-order valence-corrected chi connectivity index (χ3v) is 5.71. The number of fused-ring (bicyclic) bond motifs is 2. The van der Waals surface area contributed by atoms with E-state index in [9.17, 15) is 13.2 Å². The van der Waals surface area contributed by atoms with E-state index in [0.717, 1.165) is 19.3 Å². The van der Waals surface area contributed by atoms with Gasteiger partial charge in [-0.25, -0.2) is 9.97 Å². The number of ether oxygens (including phenoxy) is 1. The number of nitrogens with zero attached hydrogens (tertiary/aromatic N) is 3. The summed E-state index contributed by atoms with van der Waals surface area (Å²) in [7, 11) is 0. The normalized spacial score (nSPS) is 20.2. The van der Waals surface area contributed by atoms with Crippen molar-refractivity contribution in [1.29, 1.82) is 0 Å². The number of halogens is 3. The molecule has 4 nitrogen and oxygen atoms in total. The highest BCUT2D eigenvalue weighted by molar-refractivity contribution is 7.10. The number of aromatic nitrogens is 2. The van der Waals surface area contributed by atoms with Crippen molar-refractivity contribution < 1.29 is 17.9 Å². The molecule has 0 amide bonds. The van der Waals surface area contributed by atoms with Crippen molar-refractivity contribution >= 4 is 17.2 Å². The molecule has 2 aromatic heterocycles. The van der Waals surface area contributed by atoms with Crippen LogP contribution in [0.1, 0.15) is 29.1 Å². The van der Waals surface area contributed by atoms with E-state index in [0.29, 0.717) is 25.5 Å². The predicted octanol–water partition coefficient (Wildman–Crippen LogP) is 3.63. The van der Waals surface area contributed by atoms with Crippen molar-refractivity contribution in [3.8, 4) is 0 Å². The van der Waals surface area contributed by atoms with Crippen LogP contribution in [-0.4, -0.2) is 29.7 Å². The highest BCUT2D eigenvalue weighted by Crippen LogP contribution is 2.43. The molecule has 0 aliphatic carbocycles. The highest BCUT2D eigenvalue weighted by atomic mass is 32.1. The first-order chi connectivity index (χ1) is 11.5. The lowest BCUT2D eigenvalue weighted by Gasteiger charge is -2.44. The van der Waals surface area contributed by atoms with E-state index in [4.69, 9.17) is 4.74 Å². The average Bonchev–Trinajstić information content (AvgIpc) is 3.05. The molecule has 8 heteroatoms. The Labute approximate surface area is 141 Å². The lowest BCUT2D eigenvalue weighted by Crippen LogP contribution is -2.46. The summed E-state index contributed by atoms with van der Waals surface area (Å²) >= 11 is 1.76. The third-order valence-electron chi connectivity index (χ3n) is 4.73. The first kappa shape index (κ1) is 15.8. The number of alkyl halides is 3. The molecular weight excluding hydrogens is 339 g/mol. The van der Waals surface area contributed by atoms with Crippen molar-refractivity contribution in [3.63, 3.8) is 0 Å². The van der Waals surface area contributed by atoms with Crippen LogP contribution in [0.25, 0.3) is 0 Å². The standard InChI is InChI=1S/C16H16F3N3OS/c17-16(18,19)14-20-6-1-13(21-14)22-7-4-15(5-8-22)11-3-10-24-12(11)2-9-23-15/h1,3,6,10H,2,4-5,7-9H2. The zero-order chi connectivity index (χ0) is 16.8. The number of piperidine rings is 1. The first-order valence-corrected chi connectivity index (χ1v) is 8.72. The van der Waals surface area contributed by atoms with Gasteiger partial charge in [0.2, 0.25) is 5.82 Å². The molecular formula is C16H16F3N3OS. The molecule has 0 bridgehead atoms. The maximum absolute atomic E-state index is 12.8. The predicted molar refractivity (Wildman–Crippen MR) is 84.1 cm³/mol. The number of hydrogen-bond donors (Lipinski definition) is 0. The minimum absolute atomic E-state index is 0.288. The van der Waals surface area contributed by atoms with Gasteiger partial charge in [-0.05, 0) is 35.9 Å². The summed E-state index contributed by atoms with van der Waals surface area (Å²) in [4.78, 5) is 10.3. The molecule has 0 aromatic carbocycles. The molecule has 0 radical (unpaired) electrons. The quantitative estimate of drug-likeness (QED) is 0.783. The second-order valence-corrected chi connectivity index (χ2v) is 7.07. The van der Waals surface area contributed by atoms with Gasteiger partial charge in [0.1, 0.15) is 5.82 Å². The number of thiophene rings is 1. The zero-order valence-electron chi connectivity index (χ0n) is 12.8. The lowest BCUT2D eigenvalue weighted by molar-refractivity contribution is -0.144. The van der Waals surface area contributed by atoms with E-state index in [2.05, 4.69) is 21.4 Å². The van der Waals surface area contributed by atoms with Gasteiger partial charge < -0.3 is 9.64 Å². The fourth-order valence-electron chi connectivity index (χ4n) is 3.53. The van der Waals surface area contributed by atoms with Crippen LogP contribution < -0.4 is 4.90 Å². The SMILES string of the molecule is FC(F)(F)c1nccc(N2CCC3(CC2)OCCc2sccc23)n1. The molecule has 0 saturated carbocycles. The van der Waals surface area contributed by atoms with E-state index in [-0.39, 0.29) is 5.60 Å². The van der Waals surface area contributed by atoms with Gasteiger partial charge in [0.15, 0.2) is 0 Å². The summed E-state index contributed by atoms with van der Waals surface area (Å²) in [6, 6.07) is 3.66. The molecule has 2 aliphatic rings. The first-order valence-electron chi connectivity index (χ1n) is 7.84. The van der Waals surface area contributed by atoms with Crippen LogP contribution in [0, 0.1) is 0 Å². The van der Waals surface area contributed by atoms with Gasteiger partial charge >= 0.3 is 6.18 Å². The van der Waals surface area contributed by atoms with Crippen molar-refractivity contribution in [2.24, 2.45) is 0 Å². The van der Waals surface area contributed by atoms with E-state index < -0.39 is 12.0 Å². The fraction of sp³-hybridized carbons (Fsp3) is 0.500. The Hall–Kier alpha value is -1.67. The Kier molecular flexibility index (Phi) is 3.76. The van der Waals surface area contributed by atoms with Crippen LogP contribution in [0.15, 0.2) is 23.7 Å². The number of anilines is 1. The van der Waals surface area contributed by atoms with Gasteiger partial charge in [-0.15, -0.1) is 11.3 Å². The van der Waals surface area contributed by atoms with Crippen LogP contribution in [-0.2, 0) is 22.9 Å². The summed E-state index contributed by atoms with van der Waals surface area (Å²) in [5.74, 6) is -0.761. The van der Waals surface area contributed by atoms with Gasteiger partial charge in [0, 0.05) is 30.6 Å². The van der Waals surface area contributed by atoms with E-state index in [1.807, 2.05) is 4.90 Å². The van der Waals surface area contributed by atoms with Gasteiger partial charge in [-0.3, -0.25) is 0 Å². The van der Waals surface area contributed by atoms with E-state index >= 15 is 0 Å². The molecule has 0 unspecified atom stereocenters. The smallest absolute Gasteiger partial charge is 0.370 e. The van der Waals surface area contributed by atoms with Gasteiger partial charge in [0.05, 0.1) is 12.2 Å². The second-order valence-electron chi connectivity index (χ2n) is 6.07. The number of rotatable bonds is 1. The molecule has 24 heavy (non-hydrogen) atoms. The van der Waals surface area contributed by atoms with E-state index in [1.165, 1.54) is 22.7 Å². The molecule has 2 aliphatic heterocycles. The molecule has 2 aromatic rings. The van der Waals surface area contributed by atoms with Crippen molar-refractivity contribution in [2.75, 3.05) is 24.6 Å². The Bertz CT molecular complexity index is 738. The van der Waals surface area contributed by atoms with Gasteiger partial charge in [-0.2, -0.15) is 13.2 Å². The molecule has 0 atom stereocenters. The van der Waals surface area contributed by atoms with Crippen molar-refractivity contribution in [2.45, 2.75) is 31.0 Å². The summed E-state index contributed by atoms with van der Waals surface area (Å²) in [6.45, 7) is 1.94. The maximum Gasteiger partial charge on any atom is 0.451 e. The molecule has 4 heterocycles. The van der Waals surface area contributed by atoms with Crippen LogP contribution >= 0.6 is 11.3 Å². The largest absolute Gasteiger partial charge is 0.451 e. The highest BCUT2D eigenvalue weighted by Gasteiger charge is 2.42. The minimum Gasteiger partial charge on any atom is -0.370 e. The Morgan fingerprint density at radius 1 is 1.21 bits per heavy atom. The van der Waals surface area contributed by atoms with Crippen molar-refractivity contribution in [3.05, 3.63) is 40.0 Å². The maximum atomic E-state index is 12.8. The van der Waals surface area contributed by atoms with Gasteiger partial charge in [-0.1, -0.05) is 0 Å². The van der Waals surface area contributed by atoms with Gasteiger partial charge in [0.25, 0.3) is 0 Å². The molecule has 1 fully saturated rings. The van der Waals surface area contributed by atoms with Crippen LogP contribution in [0.3, 0.4) is 0 Å². The summed E-state index contributed by atoms with van der Waals surface area (Å²) < 4.78 is 44.5. The summed E-state index contributed by atoms with van der Waals surface area (Å²) in [6.07, 6.45) is -0.905. The van der Waals surface area contributed by atoms with Crippen LogP contribution in [0.4, 0.5) is 19.0 Å². The topological polar surface area (TPSA) is 38.2 Å². The van der Waals surface area contributed by atoms with Crippen LogP contribution in [0.2, 0.25) is 0 Å². The lowest BCUT2D eigenvalue weighted by atomic mass is 9.82. The third kappa shape index (κ3) is 2.67. The van der Waals surface area contributed by atoms with Crippen molar-refractivity contribution in [1.82, 2.24) is 9.97 Å². The molecule has 1 spiro atoms. The second kappa shape index (κ2) is 5.70. The summed E-state index contributed by atoms with van der Waals surface area (Å²) in [5, 5.41) is 2.09. The molecule has 0 N–H and O–H groups in total. The minimum atomic E-state index is -4.52. The number of hydrogen-bond acceptors (Lipinski definition) is 5. The molecule has 128 valence electrons. The van der Waals surface area contributed by atoms with Crippen LogP contribution in [0.5, 0.6) is 0 Å². The molecule has 1 saturated heterocycles. The zero-order valence-corrected chi connectivity index (χ0v) is 13.7. The summed E-state index contributed by atoms with van der Waals surface area (Å²) in [5.41, 5.74) is 0.973. The fourth-order valence-corrected chi connectivity index (χ4v) is 4.48.